The highest BCUT2D eigenvalue weighted by Crippen LogP contribution is 2.27. The van der Waals surface area contributed by atoms with Crippen LogP contribution in [0.4, 0.5) is 0 Å². The highest BCUT2D eigenvalue weighted by molar-refractivity contribution is 5.73. The Morgan fingerprint density at radius 2 is 1.86 bits per heavy atom. The van der Waals surface area contributed by atoms with Gasteiger partial charge in [0.05, 0.1) is 11.8 Å². The van der Waals surface area contributed by atoms with Gasteiger partial charge in [-0.15, -0.1) is 0 Å². The molecule has 0 aromatic heterocycles. The van der Waals surface area contributed by atoms with Crippen molar-refractivity contribution in [3.05, 3.63) is 29.3 Å². The lowest BCUT2D eigenvalue weighted by Gasteiger charge is -2.24. The number of ether oxygens (including phenoxy) is 1. The zero-order chi connectivity index (χ0) is 16.9. The molecule has 1 aromatic rings. The Bertz CT molecular complexity index is 548. The summed E-state index contributed by atoms with van der Waals surface area (Å²) in [5.74, 6) is -1.20. The summed E-state index contributed by atoms with van der Waals surface area (Å²) in [5.41, 5.74) is 1.06. The van der Waals surface area contributed by atoms with Crippen molar-refractivity contribution in [3.63, 3.8) is 0 Å². The summed E-state index contributed by atoms with van der Waals surface area (Å²) in [4.78, 5) is 22.2. The molecule has 0 saturated carbocycles. The average molecular weight is 308 g/mol. The van der Waals surface area contributed by atoms with Crippen LogP contribution in [0.3, 0.4) is 0 Å². The predicted octanol–water partition coefficient (Wildman–Crippen LogP) is 3.42. The number of hydrogen-bond donors (Lipinski definition) is 2. The number of aryl methyl sites for hydroxylation is 2. The zero-order valence-electron chi connectivity index (χ0n) is 13.5. The number of carboxylic acid groups (broad SMARTS) is 2. The first-order valence-corrected chi connectivity index (χ1v) is 7.31. The lowest BCUT2D eigenvalue weighted by Crippen LogP contribution is -2.28. The van der Waals surface area contributed by atoms with E-state index in [9.17, 15) is 9.59 Å². The summed E-state index contributed by atoms with van der Waals surface area (Å²) in [6.07, 6.45) is 0.0318. The van der Waals surface area contributed by atoms with Gasteiger partial charge in [-0.1, -0.05) is 12.1 Å². The summed E-state index contributed by atoms with van der Waals surface area (Å²) in [5, 5.41) is 18.2. The second-order valence-electron chi connectivity index (χ2n) is 6.33. The largest absolute Gasteiger partial charge is 0.490 e. The maximum atomic E-state index is 11.2. The van der Waals surface area contributed by atoms with Crippen LogP contribution < -0.4 is 4.74 Å². The molecular weight excluding hydrogens is 284 g/mol. The van der Waals surface area contributed by atoms with Crippen LogP contribution in [-0.2, 0) is 9.59 Å². The highest BCUT2D eigenvalue weighted by atomic mass is 16.5. The number of rotatable bonds is 8. The normalized spacial score (nSPS) is 12.7. The topological polar surface area (TPSA) is 83.8 Å². The number of benzene rings is 1. The SMILES string of the molecule is Cc1ccc(C)c(OC(CCC(C)(C)C(=O)O)CC(=O)O)c1. The molecule has 0 amide bonds. The minimum Gasteiger partial charge on any atom is -0.490 e. The lowest BCUT2D eigenvalue weighted by atomic mass is 9.86. The molecule has 0 aliphatic carbocycles. The van der Waals surface area contributed by atoms with Gasteiger partial charge in [-0.05, 0) is 57.7 Å². The zero-order valence-corrected chi connectivity index (χ0v) is 13.5. The van der Waals surface area contributed by atoms with Crippen LogP contribution in [-0.4, -0.2) is 28.3 Å². The molecule has 0 spiro atoms. The fourth-order valence-electron chi connectivity index (χ4n) is 2.04. The third-order valence-corrected chi connectivity index (χ3v) is 3.71. The van der Waals surface area contributed by atoms with E-state index in [1.54, 1.807) is 13.8 Å². The molecule has 1 aromatic carbocycles. The van der Waals surface area contributed by atoms with Gasteiger partial charge in [0, 0.05) is 0 Å². The smallest absolute Gasteiger partial charge is 0.309 e. The average Bonchev–Trinajstić information content (AvgIpc) is 2.39. The van der Waals surface area contributed by atoms with Crippen LogP contribution >= 0.6 is 0 Å². The van der Waals surface area contributed by atoms with E-state index < -0.39 is 23.5 Å². The van der Waals surface area contributed by atoms with Gasteiger partial charge in [0.15, 0.2) is 0 Å². The molecule has 0 heterocycles. The molecule has 2 N–H and O–H groups in total. The quantitative estimate of drug-likeness (QED) is 0.768. The summed E-state index contributed by atoms with van der Waals surface area (Å²) in [6, 6.07) is 5.75. The predicted molar refractivity (Wildman–Crippen MR) is 83.2 cm³/mol. The minimum atomic E-state index is -0.955. The Kier molecular flexibility index (Phi) is 5.97. The first-order valence-electron chi connectivity index (χ1n) is 7.31. The molecule has 122 valence electrons. The van der Waals surface area contributed by atoms with Crippen molar-refractivity contribution in [2.45, 2.75) is 53.1 Å². The van der Waals surface area contributed by atoms with Crippen molar-refractivity contribution in [2.75, 3.05) is 0 Å². The van der Waals surface area contributed by atoms with Gasteiger partial charge in [0.1, 0.15) is 11.9 Å². The third kappa shape index (κ3) is 5.39. The second kappa shape index (κ2) is 7.29. The molecular formula is C17H24O5. The van der Waals surface area contributed by atoms with Crippen LogP contribution in [0.1, 0.15) is 44.2 Å². The second-order valence-corrected chi connectivity index (χ2v) is 6.33. The Morgan fingerprint density at radius 3 is 2.41 bits per heavy atom. The van der Waals surface area contributed by atoms with Gasteiger partial charge in [0.2, 0.25) is 0 Å². The molecule has 0 aliphatic heterocycles. The standard InChI is InChI=1S/C17H24O5/c1-11-5-6-12(2)14(9-11)22-13(10-15(18)19)7-8-17(3,4)16(20)21/h5-6,9,13H,7-8,10H2,1-4H3,(H,18,19)(H,20,21). The van der Waals surface area contributed by atoms with Crippen molar-refractivity contribution in [1.82, 2.24) is 0 Å². The summed E-state index contributed by atoms with van der Waals surface area (Å²) < 4.78 is 5.84. The molecule has 0 fully saturated rings. The van der Waals surface area contributed by atoms with Crippen LogP contribution in [0.25, 0.3) is 0 Å². The molecule has 0 bridgehead atoms. The Balaban J connectivity index is 2.82. The maximum Gasteiger partial charge on any atom is 0.309 e. The monoisotopic (exact) mass is 308 g/mol. The first kappa shape index (κ1) is 18.0. The van der Waals surface area contributed by atoms with E-state index in [0.717, 1.165) is 11.1 Å². The van der Waals surface area contributed by atoms with E-state index in [4.69, 9.17) is 14.9 Å². The van der Waals surface area contributed by atoms with Crippen LogP contribution in [0.5, 0.6) is 5.75 Å². The summed E-state index contributed by atoms with van der Waals surface area (Å²) >= 11 is 0. The molecule has 1 rings (SSSR count). The van der Waals surface area contributed by atoms with Crippen molar-refractivity contribution >= 4 is 11.9 Å². The first-order chi connectivity index (χ1) is 10.1. The number of hydrogen-bond acceptors (Lipinski definition) is 3. The molecule has 1 atom stereocenters. The highest BCUT2D eigenvalue weighted by Gasteiger charge is 2.29. The molecule has 5 heteroatoms. The van der Waals surface area contributed by atoms with Gasteiger partial charge < -0.3 is 14.9 Å². The van der Waals surface area contributed by atoms with E-state index in [1.165, 1.54) is 0 Å². The van der Waals surface area contributed by atoms with Crippen molar-refractivity contribution in [3.8, 4) is 5.75 Å². The number of carbonyl (C=O) groups is 2. The summed E-state index contributed by atoms with van der Waals surface area (Å²) in [7, 11) is 0. The van der Waals surface area contributed by atoms with Gasteiger partial charge in [-0.25, -0.2) is 0 Å². The third-order valence-electron chi connectivity index (χ3n) is 3.71. The van der Waals surface area contributed by atoms with E-state index >= 15 is 0 Å². The van der Waals surface area contributed by atoms with Gasteiger partial charge >= 0.3 is 11.9 Å². The van der Waals surface area contributed by atoms with Crippen LogP contribution in [0, 0.1) is 19.3 Å². The molecule has 0 radical (unpaired) electrons. The fourth-order valence-corrected chi connectivity index (χ4v) is 2.04. The Labute approximate surface area is 130 Å². The molecule has 0 saturated heterocycles. The van der Waals surface area contributed by atoms with Crippen molar-refractivity contribution < 1.29 is 24.5 Å². The summed E-state index contributed by atoms with van der Waals surface area (Å²) in [6.45, 7) is 7.09. The molecule has 1 unspecified atom stereocenters. The van der Waals surface area contributed by atoms with Gasteiger partial charge in [-0.2, -0.15) is 0 Å². The lowest BCUT2D eigenvalue weighted by molar-refractivity contribution is -0.147. The van der Waals surface area contributed by atoms with E-state index in [-0.39, 0.29) is 6.42 Å². The van der Waals surface area contributed by atoms with Crippen LogP contribution in [0.15, 0.2) is 18.2 Å². The van der Waals surface area contributed by atoms with Crippen LogP contribution in [0.2, 0.25) is 0 Å². The van der Waals surface area contributed by atoms with Crippen molar-refractivity contribution in [2.24, 2.45) is 5.41 Å². The molecule has 0 aliphatic rings. The minimum absolute atomic E-state index is 0.150. The number of aliphatic carboxylic acids is 2. The van der Waals surface area contributed by atoms with E-state index in [0.29, 0.717) is 18.6 Å². The van der Waals surface area contributed by atoms with E-state index in [1.807, 2.05) is 32.0 Å². The Hall–Kier alpha value is -2.04. The van der Waals surface area contributed by atoms with Crippen molar-refractivity contribution in [1.29, 1.82) is 0 Å². The Morgan fingerprint density at radius 1 is 1.23 bits per heavy atom. The molecule has 5 nitrogen and oxygen atoms in total. The fraction of sp³-hybridized carbons (Fsp3) is 0.529. The molecule has 22 heavy (non-hydrogen) atoms. The number of carboxylic acids is 2. The van der Waals surface area contributed by atoms with Gasteiger partial charge in [0.25, 0.3) is 0 Å². The maximum absolute atomic E-state index is 11.2. The van der Waals surface area contributed by atoms with E-state index in [2.05, 4.69) is 0 Å². The van der Waals surface area contributed by atoms with Gasteiger partial charge in [-0.3, -0.25) is 9.59 Å².